The average molecular weight is 359 g/mol. The van der Waals surface area contributed by atoms with Crippen LogP contribution in [-0.2, 0) is 4.79 Å². The number of amides is 1. The minimum Gasteiger partial charge on any atom is -0.368 e. The number of carbonyl (C=O) groups excluding carboxylic acids is 1. The van der Waals surface area contributed by atoms with Crippen LogP contribution in [-0.4, -0.2) is 37.0 Å². The van der Waals surface area contributed by atoms with Crippen molar-refractivity contribution in [2.45, 2.75) is 6.92 Å². The number of hydrogen-bond acceptors (Lipinski definition) is 2. The normalized spacial score (nSPS) is 15.0. The second-order valence-electron chi connectivity index (χ2n) is 6.11. The number of hydrogen-bond donors (Lipinski definition) is 0. The van der Waals surface area contributed by atoms with Gasteiger partial charge in [-0.2, -0.15) is 0 Å². The summed E-state index contributed by atoms with van der Waals surface area (Å²) < 4.78 is 13.2. The summed E-state index contributed by atoms with van der Waals surface area (Å²) in [6.45, 7) is 5.09. The summed E-state index contributed by atoms with van der Waals surface area (Å²) >= 11 is 5.76. The van der Waals surface area contributed by atoms with E-state index in [1.165, 1.54) is 29.5 Å². The van der Waals surface area contributed by atoms with Crippen molar-refractivity contribution < 1.29 is 9.18 Å². The van der Waals surface area contributed by atoms with E-state index in [9.17, 15) is 9.18 Å². The molecule has 0 atom stereocenters. The minimum absolute atomic E-state index is 0.0371. The smallest absolute Gasteiger partial charge is 0.246 e. The summed E-state index contributed by atoms with van der Waals surface area (Å²) in [7, 11) is 0. The van der Waals surface area contributed by atoms with Gasteiger partial charge in [0.25, 0.3) is 0 Å². The molecule has 2 aromatic rings. The first kappa shape index (κ1) is 17.5. The van der Waals surface area contributed by atoms with Crippen molar-refractivity contribution in [2.24, 2.45) is 0 Å². The molecule has 0 saturated carbocycles. The van der Waals surface area contributed by atoms with Gasteiger partial charge in [-0.3, -0.25) is 4.79 Å². The van der Waals surface area contributed by atoms with E-state index in [0.29, 0.717) is 18.7 Å². The molecule has 0 aliphatic carbocycles. The Morgan fingerprint density at radius 1 is 1.12 bits per heavy atom. The second kappa shape index (κ2) is 7.70. The Balaban J connectivity index is 1.59. The van der Waals surface area contributed by atoms with E-state index in [-0.39, 0.29) is 10.9 Å². The Hall–Kier alpha value is -2.33. The fourth-order valence-electron chi connectivity index (χ4n) is 2.97. The summed E-state index contributed by atoms with van der Waals surface area (Å²) in [5.74, 6) is -0.498. The molecule has 1 aliphatic heterocycles. The minimum atomic E-state index is -0.461. The second-order valence-corrected chi connectivity index (χ2v) is 6.51. The molecule has 1 aliphatic rings. The highest BCUT2D eigenvalue weighted by Crippen LogP contribution is 2.21. The molecule has 25 heavy (non-hydrogen) atoms. The first-order valence-electron chi connectivity index (χ1n) is 8.27. The third kappa shape index (κ3) is 4.20. The SMILES string of the molecule is Cc1ccccc1N1CCN(C(=O)/C=C/c2ccc(F)c(Cl)c2)CC1. The van der Waals surface area contributed by atoms with E-state index in [2.05, 4.69) is 24.0 Å². The standard InChI is InChI=1S/C20H20ClFN2O/c1-15-4-2-3-5-19(15)23-10-12-24(13-11-23)20(25)9-7-16-6-8-18(22)17(21)14-16/h2-9,14H,10-13H2,1H3/b9-7+. The number of halogens is 2. The number of para-hydroxylation sites is 1. The lowest BCUT2D eigenvalue weighted by Crippen LogP contribution is -2.48. The fourth-order valence-corrected chi connectivity index (χ4v) is 3.16. The van der Waals surface area contributed by atoms with Crippen molar-refractivity contribution in [3.63, 3.8) is 0 Å². The Labute approximate surface area is 152 Å². The summed E-state index contributed by atoms with van der Waals surface area (Å²) in [5.41, 5.74) is 3.18. The zero-order valence-electron chi connectivity index (χ0n) is 14.1. The lowest BCUT2D eigenvalue weighted by Gasteiger charge is -2.36. The van der Waals surface area contributed by atoms with E-state index in [4.69, 9.17) is 11.6 Å². The van der Waals surface area contributed by atoms with Gasteiger partial charge in [-0.25, -0.2) is 4.39 Å². The predicted molar refractivity (Wildman–Crippen MR) is 100 cm³/mol. The van der Waals surface area contributed by atoms with Gasteiger partial charge >= 0.3 is 0 Å². The fraction of sp³-hybridized carbons (Fsp3) is 0.250. The zero-order chi connectivity index (χ0) is 17.8. The molecule has 1 fully saturated rings. The van der Waals surface area contributed by atoms with Crippen molar-refractivity contribution in [1.29, 1.82) is 0 Å². The molecule has 3 rings (SSSR count). The van der Waals surface area contributed by atoms with Crippen molar-refractivity contribution in [3.8, 4) is 0 Å². The zero-order valence-corrected chi connectivity index (χ0v) is 14.8. The number of anilines is 1. The molecule has 0 radical (unpaired) electrons. The highest BCUT2D eigenvalue weighted by atomic mass is 35.5. The molecule has 0 unspecified atom stereocenters. The molecule has 1 heterocycles. The van der Waals surface area contributed by atoms with Crippen LogP contribution in [0.2, 0.25) is 5.02 Å². The number of aryl methyl sites for hydroxylation is 1. The van der Waals surface area contributed by atoms with Crippen LogP contribution in [0.3, 0.4) is 0 Å². The van der Waals surface area contributed by atoms with Crippen molar-refractivity contribution in [3.05, 3.63) is 70.5 Å². The number of nitrogens with zero attached hydrogens (tertiary/aromatic N) is 2. The van der Waals surface area contributed by atoms with Crippen LogP contribution in [0.4, 0.5) is 10.1 Å². The summed E-state index contributed by atoms with van der Waals surface area (Å²) in [4.78, 5) is 16.5. The lowest BCUT2D eigenvalue weighted by atomic mass is 10.1. The quantitative estimate of drug-likeness (QED) is 0.769. The van der Waals surface area contributed by atoms with Crippen LogP contribution in [0.15, 0.2) is 48.5 Å². The third-order valence-corrected chi connectivity index (χ3v) is 4.70. The Morgan fingerprint density at radius 3 is 2.52 bits per heavy atom. The van der Waals surface area contributed by atoms with Gasteiger partial charge in [0, 0.05) is 37.9 Å². The maximum atomic E-state index is 13.2. The van der Waals surface area contributed by atoms with Crippen LogP contribution < -0.4 is 4.90 Å². The van der Waals surface area contributed by atoms with Crippen LogP contribution >= 0.6 is 11.6 Å². The topological polar surface area (TPSA) is 23.6 Å². The molecule has 2 aromatic carbocycles. The molecular formula is C20H20ClFN2O. The van der Waals surface area contributed by atoms with Crippen molar-refractivity contribution in [1.82, 2.24) is 4.90 Å². The summed E-state index contributed by atoms with van der Waals surface area (Å²) in [5, 5.41) is 0.0569. The first-order chi connectivity index (χ1) is 12.0. The lowest BCUT2D eigenvalue weighted by molar-refractivity contribution is -0.126. The molecule has 0 aromatic heterocycles. The highest BCUT2D eigenvalue weighted by molar-refractivity contribution is 6.30. The summed E-state index contributed by atoms with van der Waals surface area (Å²) in [6, 6.07) is 12.7. The largest absolute Gasteiger partial charge is 0.368 e. The Bertz CT molecular complexity index is 798. The van der Waals surface area contributed by atoms with Gasteiger partial charge in [-0.05, 0) is 42.3 Å². The van der Waals surface area contributed by atoms with Crippen molar-refractivity contribution >= 4 is 29.3 Å². The molecule has 0 spiro atoms. The molecule has 3 nitrogen and oxygen atoms in total. The maximum Gasteiger partial charge on any atom is 0.246 e. The molecule has 130 valence electrons. The van der Waals surface area contributed by atoms with Gasteiger partial charge in [-0.1, -0.05) is 35.9 Å². The Kier molecular flexibility index (Phi) is 5.39. The van der Waals surface area contributed by atoms with E-state index >= 15 is 0 Å². The highest BCUT2D eigenvalue weighted by Gasteiger charge is 2.20. The van der Waals surface area contributed by atoms with Crippen LogP contribution in [0.1, 0.15) is 11.1 Å². The monoisotopic (exact) mass is 358 g/mol. The van der Waals surface area contributed by atoms with Gasteiger partial charge < -0.3 is 9.80 Å². The van der Waals surface area contributed by atoms with E-state index in [1.807, 2.05) is 17.0 Å². The number of carbonyl (C=O) groups is 1. The van der Waals surface area contributed by atoms with E-state index in [0.717, 1.165) is 13.1 Å². The van der Waals surface area contributed by atoms with Crippen LogP contribution in [0, 0.1) is 12.7 Å². The molecule has 1 amide bonds. The molecular weight excluding hydrogens is 339 g/mol. The van der Waals surface area contributed by atoms with Gasteiger partial charge in [-0.15, -0.1) is 0 Å². The molecule has 1 saturated heterocycles. The Morgan fingerprint density at radius 2 is 1.84 bits per heavy atom. The summed E-state index contributed by atoms with van der Waals surface area (Å²) in [6.07, 6.45) is 3.19. The predicted octanol–water partition coefficient (Wildman–Crippen LogP) is 4.15. The number of rotatable bonds is 3. The van der Waals surface area contributed by atoms with Crippen LogP contribution in [0.5, 0.6) is 0 Å². The van der Waals surface area contributed by atoms with Crippen molar-refractivity contribution in [2.75, 3.05) is 31.1 Å². The number of piperazine rings is 1. The van der Waals surface area contributed by atoms with Gasteiger partial charge in [0.2, 0.25) is 5.91 Å². The molecule has 0 N–H and O–H groups in total. The number of benzene rings is 2. The maximum absolute atomic E-state index is 13.2. The van der Waals surface area contributed by atoms with Gasteiger partial charge in [0.05, 0.1) is 5.02 Å². The third-order valence-electron chi connectivity index (χ3n) is 4.41. The van der Waals surface area contributed by atoms with Gasteiger partial charge in [0.1, 0.15) is 5.82 Å². The average Bonchev–Trinajstić information content (AvgIpc) is 2.63. The van der Waals surface area contributed by atoms with E-state index in [1.54, 1.807) is 12.1 Å². The van der Waals surface area contributed by atoms with Crippen LogP contribution in [0.25, 0.3) is 6.08 Å². The van der Waals surface area contributed by atoms with E-state index < -0.39 is 5.82 Å². The molecule has 0 bridgehead atoms. The molecule has 5 heteroatoms. The van der Waals surface area contributed by atoms with Gasteiger partial charge in [0.15, 0.2) is 0 Å². The first-order valence-corrected chi connectivity index (χ1v) is 8.65.